The number of hydrogen-bond acceptors (Lipinski definition) is 3. The first-order chi connectivity index (χ1) is 13.0. The highest BCUT2D eigenvalue weighted by atomic mass is 35.5. The molecule has 2 bridgehead atoms. The maximum atomic E-state index is 12.9. The number of carbonyl (C=O) groups excluding carboxylic acids is 2. The molecule has 2 unspecified atom stereocenters. The van der Waals surface area contributed by atoms with Crippen LogP contribution in [0.1, 0.15) is 60.9 Å². The van der Waals surface area contributed by atoms with Gasteiger partial charge in [0.15, 0.2) is 0 Å². The molecule has 2 aliphatic carbocycles. The number of anilines is 1. The predicted molar refractivity (Wildman–Crippen MR) is 114 cm³/mol. The molecule has 1 saturated heterocycles. The van der Waals surface area contributed by atoms with E-state index in [9.17, 15) is 9.59 Å². The molecule has 1 aromatic rings. The average Bonchev–Trinajstić information content (AvgIpc) is 3.17. The van der Waals surface area contributed by atoms with Crippen molar-refractivity contribution in [2.24, 2.45) is 23.5 Å². The van der Waals surface area contributed by atoms with Crippen LogP contribution in [0, 0.1) is 24.7 Å². The van der Waals surface area contributed by atoms with Crippen molar-refractivity contribution in [3.63, 3.8) is 0 Å². The molecule has 1 heterocycles. The molecule has 0 radical (unpaired) electrons. The number of hydrogen-bond donors (Lipinski definition) is 2. The fraction of sp³-hybridized carbons (Fsp3) is 0.636. The standard InChI is InChI=1S/C22H31N3O2.ClH/c1-14-18(22(27)25-10-2-3-11-25)8-5-9-19(14)24-21(26)17-12-15-6-4-7-16(13-17)20(15)23;/h5,8-9,15-17,20H,2-4,6-7,10-13,23H2,1H3,(H,24,26);1H. The molecule has 1 aromatic carbocycles. The summed E-state index contributed by atoms with van der Waals surface area (Å²) in [6.45, 7) is 3.60. The van der Waals surface area contributed by atoms with Crippen LogP contribution in [0.3, 0.4) is 0 Å². The van der Waals surface area contributed by atoms with E-state index in [2.05, 4.69) is 5.32 Å². The molecule has 2 amide bonds. The molecule has 2 atom stereocenters. The molecule has 3 N–H and O–H groups in total. The zero-order valence-electron chi connectivity index (χ0n) is 16.7. The largest absolute Gasteiger partial charge is 0.339 e. The zero-order valence-corrected chi connectivity index (χ0v) is 17.5. The summed E-state index contributed by atoms with van der Waals surface area (Å²) in [5, 5.41) is 3.12. The molecule has 3 aliphatic rings. The first-order valence-corrected chi connectivity index (χ1v) is 10.5. The minimum absolute atomic E-state index is 0. The molecule has 0 spiro atoms. The van der Waals surface area contributed by atoms with Crippen molar-refractivity contribution in [3.8, 4) is 0 Å². The Bertz CT molecular complexity index is 718. The van der Waals surface area contributed by atoms with E-state index in [0.717, 1.165) is 62.9 Å². The number of carbonyl (C=O) groups is 2. The van der Waals surface area contributed by atoms with Gasteiger partial charge in [0.1, 0.15) is 0 Å². The summed E-state index contributed by atoms with van der Waals surface area (Å²) in [6.07, 6.45) is 7.50. The van der Waals surface area contributed by atoms with E-state index in [1.54, 1.807) is 0 Å². The number of benzene rings is 1. The Balaban J connectivity index is 0.00000225. The monoisotopic (exact) mass is 405 g/mol. The van der Waals surface area contributed by atoms with Gasteiger partial charge in [0.2, 0.25) is 5.91 Å². The van der Waals surface area contributed by atoms with Crippen LogP contribution >= 0.6 is 12.4 Å². The van der Waals surface area contributed by atoms with Crippen molar-refractivity contribution in [2.75, 3.05) is 18.4 Å². The lowest BCUT2D eigenvalue weighted by Crippen LogP contribution is -2.48. The fourth-order valence-electron chi connectivity index (χ4n) is 5.33. The number of nitrogens with one attached hydrogen (secondary N) is 1. The molecule has 2 saturated carbocycles. The molecule has 1 aliphatic heterocycles. The number of halogens is 1. The van der Waals surface area contributed by atoms with Crippen LogP contribution in [0.2, 0.25) is 0 Å². The Morgan fingerprint density at radius 2 is 1.71 bits per heavy atom. The van der Waals surface area contributed by atoms with E-state index < -0.39 is 0 Å². The Kier molecular flexibility index (Phi) is 6.66. The number of likely N-dealkylation sites (tertiary alicyclic amines) is 1. The van der Waals surface area contributed by atoms with Gasteiger partial charge in [0.25, 0.3) is 5.91 Å². The van der Waals surface area contributed by atoms with Crippen molar-refractivity contribution in [3.05, 3.63) is 29.3 Å². The number of rotatable bonds is 3. The first-order valence-electron chi connectivity index (χ1n) is 10.5. The Morgan fingerprint density at radius 3 is 2.36 bits per heavy atom. The summed E-state index contributed by atoms with van der Waals surface area (Å²) in [6, 6.07) is 5.92. The summed E-state index contributed by atoms with van der Waals surface area (Å²) in [5.41, 5.74) is 8.71. The van der Waals surface area contributed by atoms with Gasteiger partial charge in [-0.3, -0.25) is 9.59 Å². The molecule has 4 rings (SSSR count). The topological polar surface area (TPSA) is 75.4 Å². The molecule has 154 valence electrons. The minimum atomic E-state index is 0. The molecular weight excluding hydrogens is 374 g/mol. The van der Waals surface area contributed by atoms with Gasteiger partial charge < -0.3 is 16.0 Å². The van der Waals surface area contributed by atoms with Gasteiger partial charge >= 0.3 is 0 Å². The minimum Gasteiger partial charge on any atom is -0.339 e. The van der Waals surface area contributed by atoms with Crippen LogP contribution in [-0.2, 0) is 4.79 Å². The van der Waals surface area contributed by atoms with E-state index in [-0.39, 0.29) is 36.2 Å². The quantitative estimate of drug-likeness (QED) is 0.804. The van der Waals surface area contributed by atoms with E-state index >= 15 is 0 Å². The average molecular weight is 406 g/mol. The number of nitrogens with two attached hydrogens (primary N) is 1. The van der Waals surface area contributed by atoms with E-state index in [1.807, 2.05) is 30.0 Å². The van der Waals surface area contributed by atoms with Crippen LogP contribution in [0.15, 0.2) is 18.2 Å². The predicted octanol–water partition coefficient (Wildman–Crippen LogP) is 3.74. The van der Waals surface area contributed by atoms with Crippen LogP contribution < -0.4 is 11.1 Å². The highest BCUT2D eigenvalue weighted by Gasteiger charge is 2.40. The fourth-order valence-corrected chi connectivity index (χ4v) is 5.33. The maximum Gasteiger partial charge on any atom is 0.254 e. The first kappa shape index (κ1) is 21.1. The van der Waals surface area contributed by atoms with Gasteiger partial charge in [-0.25, -0.2) is 0 Å². The normalized spacial score (nSPS) is 29.1. The Labute approximate surface area is 173 Å². The second kappa shape index (κ2) is 8.83. The van der Waals surface area contributed by atoms with Crippen LogP contribution in [0.25, 0.3) is 0 Å². The Hall–Kier alpha value is -1.59. The molecule has 5 nitrogen and oxygen atoms in total. The van der Waals surface area contributed by atoms with Gasteiger partial charge in [-0.15, -0.1) is 12.4 Å². The lowest BCUT2D eigenvalue weighted by Gasteiger charge is -2.43. The third-order valence-corrected chi connectivity index (χ3v) is 7.00. The van der Waals surface area contributed by atoms with E-state index in [1.165, 1.54) is 6.42 Å². The number of amides is 2. The van der Waals surface area contributed by atoms with Crippen LogP contribution in [-0.4, -0.2) is 35.8 Å². The van der Waals surface area contributed by atoms with E-state index in [0.29, 0.717) is 17.4 Å². The van der Waals surface area contributed by atoms with Gasteiger partial charge in [-0.1, -0.05) is 12.5 Å². The van der Waals surface area contributed by atoms with Crippen molar-refractivity contribution >= 4 is 29.9 Å². The summed E-state index contributed by atoms with van der Waals surface area (Å²) < 4.78 is 0. The molecular formula is C22H32ClN3O2. The SMILES string of the molecule is Cc1c(NC(=O)C2CC3CCCC(C2)C3N)cccc1C(=O)N1CCCC1.Cl. The molecule has 3 fully saturated rings. The number of nitrogens with zero attached hydrogens (tertiary/aromatic N) is 1. The molecule has 28 heavy (non-hydrogen) atoms. The lowest BCUT2D eigenvalue weighted by molar-refractivity contribution is -0.122. The van der Waals surface area contributed by atoms with Crippen molar-refractivity contribution < 1.29 is 9.59 Å². The van der Waals surface area contributed by atoms with E-state index in [4.69, 9.17) is 5.73 Å². The van der Waals surface area contributed by atoms with Crippen LogP contribution in [0.4, 0.5) is 5.69 Å². The highest BCUT2D eigenvalue weighted by molar-refractivity contribution is 6.00. The van der Waals surface area contributed by atoms with Gasteiger partial charge in [-0.05, 0) is 75.0 Å². The van der Waals surface area contributed by atoms with Crippen molar-refractivity contribution in [1.82, 2.24) is 4.90 Å². The summed E-state index contributed by atoms with van der Waals surface area (Å²) in [4.78, 5) is 27.6. The second-order valence-electron chi connectivity index (χ2n) is 8.66. The molecule has 6 heteroatoms. The smallest absolute Gasteiger partial charge is 0.254 e. The van der Waals surface area contributed by atoms with Crippen molar-refractivity contribution in [2.45, 2.75) is 57.9 Å². The summed E-state index contributed by atoms with van der Waals surface area (Å²) >= 11 is 0. The van der Waals surface area contributed by atoms with Crippen LogP contribution in [0.5, 0.6) is 0 Å². The highest BCUT2D eigenvalue weighted by Crippen LogP contribution is 2.42. The maximum absolute atomic E-state index is 12.9. The molecule has 0 aromatic heterocycles. The second-order valence-corrected chi connectivity index (χ2v) is 8.66. The van der Waals surface area contributed by atoms with Gasteiger partial charge in [0, 0.05) is 36.3 Å². The van der Waals surface area contributed by atoms with Gasteiger partial charge in [0.05, 0.1) is 0 Å². The lowest BCUT2D eigenvalue weighted by atomic mass is 9.65. The number of fused-ring (bicyclic) bond motifs is 2. The zero-order chi connectivity index (χ0) is 19.0. The van der Waals surface area contributed by atoms with Crippen molar-refractivity contribution in [1.29, 1.82) is 0 Å². The third kappa shape index (κ3) is 4.06. The summed E-state index contributed by atoms with van der Waals surface area (Å²) in [7, 11) is 0. The Morgan fingerprint density at radius 1 is 1.07 bits per heavy atom. The third-order valence-electron chi connectivity index (χ3n) is 7.00. The summed E-state index contributed by atoms with van der Waals surface area (Å²) in [5.74, 6) is 1.18. The van der Waals surface area contributed by atoms with Gasteiger partial charge in [-0.2, -0.15) is 0 Å².